The van der Waals surface area contributed by atoms with Gasteiger partial charge in [0.2, 0.25) is 5.91 Å². The van der Waals surface area contributed by atoms with Gasteiger partial charge in [-0.3, -0.25) is 4.79 Å². The number of carboxylic acids is 1. The van der Waals surface area contributed by atoms with Crippen molar-refractivity contribution in [2.75, 3.05) is 19.0 Å². The number of carbonyl (C=O) groups excluding carboxylic acids is 1. The Morgan fingerprint density at radius 3 is 2.46 bits per heavy atom. The molecule has 0 radical (unpaired) electrons. The molecule has 26 heavy (non-hydrogen) atoms. The van der Waals surface area contributed by atoms with Crippen molar-refractivity contribution in [3.8, 4) is 11.5 Å². The first kappa shape index (κ1) is 20.0. The zero-order chi connectivity index (χ0) is 19.3. The van der Waals surface area contributed by atoms with Gasteiger partial charge in [0.1, 0.15) is 6.04 Å². The molecule has 2 rings (SSSR count). The Hall–Kier alpha value is -2.29. The topological polar surface area (TPSA) is 119 Å². The molecule has 1 aromatic rings. The van der Waals surface area contributed by atoms with Crippen LogP contribution in [-0.4, -0.2) is 50.4 Å². The van der Waals surface area contributed by atoms with E-state index in [-0.39, 0.29) is 17.2 Å². The molecule has 1 aliphatic rings. The summed E-state index contributed by atoms with van der Waals surface area (Å²) in [5.41, 5.74) is 0. The van der Waals surface area contributed by atoms with E-state index in [0.29, 0.717) is 31.1 Å². The zero-order valence-corrected chi connectivity index (χ0v) is 15.5. The average Bonchev–Trinajstić information content (AvgIpc) is 2.82. The molecule has 9 heteroatoms. The largest absolute Gasteiger partial charge is 0.490 e. The van der Waals surface area contributed by atoms with Crippen molar-refractivity contribution in [3.63, 3.8) is 0 Å². The minimum Gasteiger partial charge on any atom is -0.490 e. The molecule has 2 N–H and O–H groups in total. The van der Waals surface area contributed by atoms with Crippen LogP contribution in [0.2, 0.25) is 0 Å². The summed E-state index contributed by atoms with van der Waals surface area (Å²) in [6, 6.07) is 3.28. The second kappa shape index (κ2) is 8.39. The first-order valence-electron chi connectivity index (χ1n) is 8.35. The number of hydrogen-bond donors (Lipinski definition) is 2. The van der Waals surface area contributed by atoms with E-state index < -0.39 is 33.5 Å². The predicted octanol–water partition coefficient (Wildman–Crippen LogP) is 1.24. The van der Waals surface area contributed by atoms with Crippen LogP contribution in [0, 0.1) is 5.92 Å². The van der Waals surface area contributed by atoms with Gasteiger partial charge in [0.05, 0.1) is 23.9 Å². The standard InChI is InChI=1S/C17H23NO7S/c1-11(2)16(17(20)21)18-15(19)6-9-26(22,23)12-4-5-13-14(10-12)25-8-3-7-24-13/h4-5,10-11,16H,3,6-9H2,1-2H3,(H,18,19)(H,20,21)/t16-/m0/s1. The van der Waals surface area contributed by atoms with Crippen molar-refractivity contribution in [2.24, 2.45) is 5.92 Å². The molecule has 1 aromatic carbocycles. The van der Waals surface area contributed by atoms with Gasteiger partial charge < -0.3 is 19.9 Å². The summed E-state index contributed by atoms with van der Waals surface area (Å²) >= 11 is 0. The Morgan fingerprint density at radius 1 is 1.19 bits per heavy atom. The molecule has 144 valence electrons. The number of fused-ring (bicyclic) bond motifs is 1. The van der Waals surface area contributed by atoms with Gasteiger partial charge in [-0.25, -0.2) is 13.2 Å². The molecular formula is C17H23NO7S. The smallest absolute Gasteiger partial charge is 0.326 e. The maximum Gasteiger partial charge on any atom is 0.326 e. The fraction of sp³-hybridized carbons (Fsp3) is 0.529. The number of sulfone groups is 1. The van der Waals surface area contributed by atoms with E-state index in [1.54, 1.807) is 13.8 Å². The molecule has 1 amide bonds. The lowest BCUT2D eigenvalue weighted by Crippen LogP contribution is -2.44. The normalized spacial score (nSPS) is 15.2. The van der Waals surface area contributed by atoms with Crippen LogP contribution in [-0.2, 0) is 19.4 Å². The molecular weight excluding hydrogens is 362 g/mol. The molecule has 0 saturated carbocycles. The number of amides is 1. The summed E-state index contributed by atoms with van der Waals surface area (Å²) in [4.78, 5) is 23.1. The Kier molecular flexibility index (Phi) is 6.47. The zero-order valence-electron chi connectivity index (χ0n) is 14.7. The second-order valence-electron chi connectivity index (χ2n) is 6.36. The van der Waals surface area contributed by atoms with E-state index in [1.165, 1.54) is 18.2 Å². The summed E-state index contributed by atoms with van der Waals surface area (Å²) in [5.74, 6) is -1.67. The van der Waals surface area contributed by atoms with Gasteiger partial charge in [0.25, 0.3) is 0 Å². The van der Waals surface area contributed by atoms with E-state index in [1.807, 2.05) is 0 Å². The molecule has 0 bridgehead atoms. The minimum absolute atomic E-state index is 0.0354. The highest BCUT2D eigenvalue weighted by Crippen LogP contribution is 2.32. The first-order valence-corrected chi connectivity index (χ1v) is 10.0. The summed E-state index contributed by atoms with van der Waals surface area (Å²) in [7, 11) is -3.72. The van der Waals surface area contributed by atoms with E-state index in [9.17, 15) is 18.0 Å². The Morgan fingerprint density at radius 2 is 1.85 bits per heavy atom. The fourth-order valence-electron chi connectivity index (χ4n) is 2.44. The lowest BCUT2D eigenvalue weighted by Gasteiger charge is -2.17. The molecule has 0 aromatic heterocycles. The van der Waals surface area contributed by atoms with Crippen molar-refractivity contribution in [1.82, 2.24) is 5.32 Å². The molecule has 1 aliphatic heterocycles. The van der Waals surface area contributed by atoms with Crippen molar-refractivity contribution < 1.29 is 32.6 Å². The average molecular weight is 385 g/mol. The summed E-state index contributed by atoms with van der Waals surface area (Å²) in [6.45, 7) is 4.26. The molecule has 0 aliphatic carbocycles. The molecule has 0 unspecified atom stereocenters. The van der Waals surface area contributed by atoms with Crippen LogP contribution in [0.1, 0.15) is 26.7 Å². The van der Waals surface area contributed by atoms with Crippen molar-refractivity contribution >= 4 is 21.7 Å². The van der Waals surface area contributed by atoms with Crippen LogP contribution in [0.25, 0.3) is 0 Å². The Labute approximate surface area is 152 Å². The van der Waals surface area contributed by atoms with Crippen LogP contribution < -0.4 is 14.8 Å². The summed E-state index contributed by atoms with van der Waals surface area (Å²) in [6.07, 6.45) is 0.380. The highest BCUT2D eigenvalue weighted by Gasteiger charge is 2.25. The third-order valence-corrected chi connectivity index (χ3v) is 5.64. The van der Waals surface area contributed by atoms with Crippen LogP contribution in [0.3, 0.4) is 0 Å². The van der Waals surface area contributed by atoms with Crippen LogP contribution in [0.15, 0.2) is 23.1 Å². The number of aliphatic carboxylic acids is 1. The molecule has 0 spiro atoms. The number of nitrogens with one attached hydrogen (secondary N) is 1. The number of hydrogen-bond acceptors (Lipinski definition) is 6. The van der Waals surface area contributed by atoms with Crippen LogP contribution in [0.5, 0.6) is 11.5 Å². The number of carboxylic acid groups (broad SMARTS) is 1. The van der Waals surface area contributed by atoms with Crippen molar-refractivity contribution in [2.45, 2.75) is 37.6 Å². The quantitative estimate of drug-likeness (QED) is 0.725. The van der Waals surface area contributed by atoms with Gasteiger partial charge in [-0.05, 0) is 18.1 Å². The lowest BCUT2D eigenvalue weighted by atomic mass is 10.0. The summed E-state index contributed by atoms with van der Waals surface area (Å²) in [5, 5.41) is 11.4. The predicted molar refractivity (Wildman–Crippen MR) is 93.1 cm³/mol. The fourth-order valence-corrected chi connectivity index (χ4v) is 3.69. The van der Waals surface area contributed by atoms with Gasteiger partial charge in [0, 0.05) is 18.9 Å². The molecule has 0 saturated heterocycles. The Bertz CT molecular complexity index is 773. The van der Waals surface area contributed by atoms with Crippen molar-refractivity contribution in [3.05, 3.63) is 18.2 Å². The SMILES string of the molecule is CC(C)[C@H](NC(=O)CCS(=O)(=O)c1ccc2c(c1)OCCCO2)C(=O)O. The van der Waals surface area contributed by atoms with Gasteiger partial charge in [0.15, 0.2) is 21.3 Å². The van der Waals surface area contributed by atoms with Gasteiger partial charge in [-0.1, -0.05) is 13.8 Å². The third kappa shape index (κ3) is 5.10. The van der Waals surface area contributed by atoms with E-state index in [0.717, 1.165) is 0 Å². The number of ether oxygens (including phenoxy) is 2. The third-order valence-electron chi connectivity index (χ3n) is 3.93. The highest BCUT2D eigenvalue weighted by molar-refractivity contribution is 7.91. The van der Waals surface area contributed by atoms with Crippen LogP contribution >= 0.6 is 0 Å². The maximum atomic E-state index is 12.5. The van der Waals surface area contributed by atoms with Crippen LogP contribution in [0.4, 0.5) is 0 Å². The number of rotatable bonds is 7. The Balaban J connectivity index is 2.03. The first-order chi connectivity index (χ1) is 12.2. The van der Waals surface area contributed by atoms with E-state index >= 15 is 0 Å². The highest BCUT2D eigenvalue weighted by atomic mass is 32.2. The molecule has 8 nitrogen and oxygen atoms in total. The van der Waals surface area contributed by atoms with E-state index in [2.05, 4.69) is 5.32 Å². The number of carbonyl (C=O) groups is 2. The molecule has 0 fully saturated rings. The lowest BCUT2D eigenvalue weighted by molar-refractivity contribution is -0.143. The van der Waals surface area contributed by atoms with E-state index in [4.69, 9.17) is 14.6 Å². The van der Waals surface area contributed by atoms with Gasteiger partial charge in [-0.2, -0.15) is 0 Å². The maximum absolute atomic E-state index is 12.5. The minimum atomic E-state index is -3.72. The number of benzene rings is 1. The van der Waals surface area contributed by atoms with Crippen molar-refractivity contribution in [1.29, 1.82) is 0 Å². The monoisotopic (exact) mass is 385 g/mol. The second-order valence-corrected chi connectivity index (χ2v) is 8.46. The summed E-state index contributed by atoms with van der Waals surface area (Å²) < 4.78 is 35.9. The molecule has 1 heterocycles. The van der Waals surface area contributed by atoms with Gasteiger partial charge in [-0.15, -0.1) is 0 Å². The van der Waals surface area contributed by atoms with Gasteiger partial charge >= 0.3 is 5.97 Å². The molecule has 1 atom stereocenters.